The molecule has 0 saturated carbocycles. The van der Waals surface area contributed by atoms with Crippen LogP contribution in [-0.4, -0.2) is 54.4 Å². The fourth-order valence-corrected chi connectivity index (χ4v) is 6.72. The Balaban J connectivity index is 1.50. The first-order valence-electron chi connectivity index (χ1n) is 14.6. The van der Waals surface area contributed by atoms with E-state index in [9.17, 15) is 19.1 Å². The van der Waals surface area contributed by atoms with Gasteiger partial charge in [0.15, 0.2) is 8.32 Å². The lowest BCUT2D eigenvalue weighted by atomic mass is 10.0. The zero-order valence-electron chi connectivity index (χ0n) is 25.5. The summed E-state index contributed by atoms with van der Waals surface area (Å²) in [7, 11) is -0.556. The molecule has 224 valence electrons. The minimum atomic E-state index is -2.21. The number of halogens is 1. The molecular formula is C34H43FN2O4Si. The summed E-state index contributed by atoms with van der Waals surface area (Å²) in [5.41, 5.74) is 2.92. The van der Waals surface area contributed by atoms with Crippen molar-refractivity contribution in [2.75, 3.05) is 7.05 Å². The number of carbonyl (C=O) groups excluding carboxylic acids is 1. The lowest BCUT2D eigenvalue weighted by molar-refractivity contribution is 0.0598. The molecule has 3 aromatic rings. The number of benzene rings is 3. The number of rotatable bonds is 9. The van der Waals surface area contributed by atoms with Gasteiger partial charge in [-0.2, -0.15) is 0 Å². The molecule has 4 rings (SSSR count). The summed E-state index contributed by atoms with van der Waals surface area (Å²) in [5, 5.41) is 10.4. The Morgan fingerprint density at radius 2 is 1.62 bits per heavy atom. The predicted octanol–water partition coefficient (Wildman–Crippen LogP) is 7.91. The molecule has 0 spiro atoms. The first-order valence-corrected chi connectivity index (χ1v) is 17.5. The van der Waals surface area contributed by atoms with E-state index in [0.29, 0.717) is 24.0 Å². The van der Waals surface area contributed by atoms with Crippen LogP contribution in [0, 0.1) is 5.82 Å². The van der Waals surface area contributed by atoms with Crippen LogP contribution in [0.3, 0.4) is 0 Å². The van der Waals surface area contributed by atoms with Gasteiger partial charge in [-0.25, -0.2) is 9.18 Å². The third-order valence-corrected chi connectivity index (χ3v) is 13.3. The predicted molar refractivity (Wildman–Crippen MR) is 166 cm³/mol. The second kappa shape index (κ2) is 12.8. The van der Waals surface area contributed by atoms with Crippen LogP contribution >= 0.6 is 0 Å². The molecule has 2 amide bonds. The first kappa shape index (κ1) is 31.4. The Hall–Kier alpha value is -3.49. The van der Waals surface area contributed by atoms with Crippen molar-refractivity contribution in [1.82, 2.24) is 9.80 Å². The van der Waals surface area contributed by atoms with Gasteiger partial charge >= 0.3 is 6.09 Å². The molecule has 1 fully saturated rings. The smallest absolute Gasteiger partial charge is 0.407 e. The number of nitrogens with zero attached hydrogens (tertiary/aromatic N) is 2. The molecule has 8 heteroatoms. The Morgan fingerprint density at radius 1 is 1.00 bits per heavy atom. The van der Waals surface area contributed by atoms with Crippen LogP contribution in [0.15, 0.2) is 78.9 Å². The molecule has 1 saturated heterocycles. The number of amides is 2. The molecule has 0 radical (unpaired) electrons. The van der Waals surface area contributed by atoms with E-state index < -0.39 is 14.4 Å². The lowest BCUT2D eigenvalue weighted by Gasteiger charge is -2.42. The Bertz CT molecular complexity index is 1370. The summed E-state index contributed by atoms with van der Waals surface area (Å²) in [4.78, 5) is 28.8. The molecule has 3 aromatic carbocycles. The summed E-state index contributed by atoms with van der Waals surface area (Å²) in [5.74, 6) is -0.541. The number of carboxylic acid groups (broad SMARTS) is 1. The molecule has 42 heavy (non-hydrogen) atoms. The molecule has 1 aliphatic rings. The van der Waals surface area contributed by atoms with Gasteiger partial charge in [-0.15, -0.1) is 0 Å². The largest absolute Gasteiger partial charge is 0.465 e. The van der Waals surface area contributed by atoms with E-state index in [4.69, 9.17) is 4.43 Å². The number of carbonyl (C=O) groups is 2. The molecule has 1 heterocycles. The standard InChI is InChI=1S/C34H43FN2O4Si/c1-34(2,3)42(5,6)41-31(25-12-8-7-9-13-25)30-21-20-28(37(30)33(39)40)22-24-16-18-26(19-17-24)32(38)36(4)23-27-14-10-11-15-29(27)35/h7-19,28,30-31H,20-23H2,1-6H3,(H,39,40)/t28-,30+,31?/m0/s1. The SMILES string of the molecule is CN(Cc1ccccc1F)C(=O)c1ccc(C[C@@H]2CC[C@H](C(O[Si](C)(C)C(C)(C)C)c3ccccc3)N2C(=O)O)cc1. The quantitative estimate of drug-likeness (QED) is 0.257. The second-order valence-corrected chi connectivity index (χ2v) is 17.6. The fraction of sp³-hybridized carbons (Fsp3) is 0.412. The second-order valence-electron chi connectivity index (χ2n) is 12.9. The minimum Gasteiger partial charge on any atom is -0.465 e. The number of hydrogen-bond acceptors (Lipinski definition) is 3. The molecule has 0 aromatic heterocycles. The highest BCUT2D eigenvalue weighted by molar-refractivity contribution is 6.74. The van der Waals surface area contributed by atoms with Crippen LogP contribution in [0.2, 0.25) is 18.1 Å². The highest BCUT2D eigenvalue weighted by Crippen LogP contribution is 2.44. The van der Waals surface area contributed by atoms with Crippen molar-refractivity contribution in [3.8, 4) is 0 Å². The van der Waals surface area contributed by atoms with Gasteiger partial charge in [0.25, 0.3) is 5.91 Å². The van der Waals surface area contributed by atoms with Crippen molar-refractivity contribution in [2.45, 2.75) is 82.9 Å². The van der Waals surface area contributed by atoms with E-state index in [1.54, 1.807) is 42.3 Å². The van der Waals surface area contributed by atoms with Crippen molar-refractivity contribution >= 4 is 20.3 Å². The molecule has 1 aliphatic heterocycles. The molecule has 6 nitrogen and oxygen atoms in total. The molecular weight excluding hydrogens is 547 g/mol. The third kappa shape index (κ3) is 7.10. The Labute approximate surface area is 250 Å². The van der Waals surface area contributed by atoms with Gasteiger partial charge < -0.3 is 14.4 Å². The van der Waals surface area contributed by atoms with Crippen molar-refractivity contribution in [1.29, 1.82) is 0 Å². The van der Waals surface area contributed by atoms with Crippen LogP contribution in [0.1, 0.15) is 66.8 Å². The van der Waals surface area contributed by atoms with Crippen LogP contribution < -0.4 is 0 Å². The Kier molecular flexibility index (Phi) is 9.58. The van der Waals surface area contributed by atoms with E-state index in [1.165, 1.54) is 11.0 Å². The molecule has 1 unspecified atom stereocenters. The maximum atomic E-state index is 14.1. The summed E-state index contributed by atoms with van der Waals surface area (Å²) in [6, 6.07) is 23.2. The van der Waals surface area contributed by atoms with Gasteiger partial charge in [0.05, 0.1) is 12.1 Å². The van der Waals surface area contributed by atoms with Crippen LogP contribution in [0.25, 0.3) is 0 Å². The maximum absolute atomic E-state index is 14.1. The van der Waals surface area contributed by atoms with Crippen LogP contribution in [-0.2, 0) is 17.4 Å². The molecule has 3 atom stereocenters. The summed E-state index contributed by atoms with van der Waals surface area (Å²) >= 11 is 0. The van der Waals surface area contributed by atoms with E-state index in [2.05, 4.69) is 33.9 Å². The van der Waals surface area contributed by atoms with Gasteiger partial charge in [0.2, 0.25) is 0 Å². The average molecular weight is 591 g/mol. The van der Waals surface area contributed by atoms with Gasteiger partial charge in [-0.1, -0.05) is 81.4 Å². The summed E-state index contributed by atoms with van der Waals surface area (Å²) < 4.78 is 21.0. The van der Waals surface area contributed by atoms with Crippen LogP contribution in [0.5, 0.6) is 0 Å². The van der Waals surface area contributed by atoms with Crippen molar-refractivity contribution in [3.05, 3.63) is 107 Å². The van der Waals surface area contributed by atoms with E-state index in [-0.39, 0.29) is 41.5 Å². The normalized spacial score (nSPS) is 18.1. The van der Waals surface area contributed by atoms with Gasteiger partial charge in [-0.3, -0.25) is 9.69 Å². The van der Waals surface area contributed by atoms with Crippen molar-refractivity contribution in [2.24, 2.45) is 0 Å². The van der Waals surface area contributed by atoms with Gasteiger partial charge in [-0.05, 0) is 66.7 Å². The first-order chi connectivity index (χ1) is 19.8. The topological polar surface area (TPSA) is 70.1 Å². The van der Waals surface area contributed by atoms with E-state index >= 15 is 0 Å². The lowest BCUT2D eigenvalue weighted by Crippen LogP contribution is -2.49. The van der Waals surface area contributed by atoms with Gasteiger partial charge in [0, 0.05) is 30.8 Å². The summed E-state index contributed by atoms with van der Waals surface area (Å²) in [6.07, 6.45) is 0.696. The number of likely N-dealkylation sites (tertiary alicyclic amines) is 1. The van der Waals surface area contributed by atoms with E-state index in [0.717, 1.165) is 17.5 Å². The third-order valence-electron chi connectivity index (χ3n) is 8.86. The minimum absolute atomic E-state index is 0.0192. The number of hydrogen-bond donors (Lipinski definition) is 1. The molecule has 0 bridgehead atoms. The van der Waals surface area contributed by atoms with Crippen LogP contribution in [0.4, 0.5) is 9.18 Å². The molecule has 0 aliphatic carbocycles. The fourth-order valence-electron chi connectivity index (χ4n) is 5.44. The highest BCUT2D eigenvalue weighted by atomic mass is 28.4. The van der Waals surface area contributed by atoms with Crippen molar-refractivity contribution in [3.63, 3.8) is 0 Å². The highest BCUT2D eigenvalue weighted by Gasteiger charge is 2.46. The Morgan fingerprint density at radius 3 is 2.21 bits per heavy atom. The zero-order chi connectivity index (χ0) is 30.7. The monoisotopic (exact) mass is 590 g/mol. The summed E-state index contributed by atoms with van der Waals surface area (Å²) in [6.45, 7) is 11.2. The zero-order valence-corrected chi connectivity index (χ0v) is 26.5. The maximum Gasteiger partial charge on any atom is 0.407 e. The molecule has 1 N–H and O–H groups in total. The average Bonchev–Trinajstić information content (AvgIpc) is 3.36. The van der Waals surface area contributed by atoms with Crippen molar-refractivity contribution < 1.29 is 23.5 Å². The van der Waals surface area contributed by atoms with Gasteiger partial charge in [0.1, 0.15) is 5.82 Å². The van der Waals surface area contributed by atoms with E-state index in [1.807, 2.05) is 42.5 Å².